The van der Waals surface area contributed by atoms with E-state index in [4.69, 9.17) is 4.74 Å². The molecule has 1 aromatic carbocycles. The van der Waals surface area contributed by atoms with Gasteiger partial charge in [-0.2, -0.15) is 0 Å². The third kappa shape index (κ3) is 4.38. The van der Waals surface area contributed by atoms with E-state index in [1.54, 1.807) is 0 Å². The molecule has 0 spiro atoms. The molecule has 2 fully saturated rings. The highest BCUT2D eigenvalue weighted by Gasteiger charge is 2.37. The van der Waals surface area contributed by atoms with Gasteiger partial charge in [0.15, 0.2) is 0 Å². The number of ether oxygens (including phenoxy) is 1. The first-order chi connectivity index (χ1) is 12.2. The summed E-state index contributed by atoms with van der Waals surface area (Å²) < 4.78 is 4.91. The van der Waals surface area contributed by atoms with Crippen LogP contribution in [0.1, 0.15) is 12.0 Å². The average Bonchev–Trinajstić information content (AvgIpc) is 3.02. The van der Waals surface area contributed by atoms with Gasteiger partial charge < -0.3 is 14.5 Å². The summed E-state index contributed by atoms with van der Waals surface area (Å²) in [6.07, 6.45) is 1.79. The van der Waals surface area contributed by atoms with Crippen molar-refractivity contribution in [1.29, 1.82) is 0 Å². The van der Waals surface area contributed by atoms with E-state index >= 15 is 0 Å². The van der Waals surface area contributed by atoms with Gasteiger partial charge in [-0.05, 0) is 18.4 Å². The lowest BCUT2D eigenvalue weighted by molar-refractivity contribution is -0.138. The number of hydrogen-bond donors (Lipinski definition) is 0. The molecule has 2 heterocycles. The summed E-state index contributed by atoms with van der Waals surface area (Å²) in [5.41, 5.74) is 1.27. The molecule has 0 saturated carbocycles. The second kappa shape index (κ2) is 8.45. The highest BCUT2D eigenvalue weighted by Crippen LogP contribution is 2.19. The Bertz CT molecular complexity index is 585. The first-order valence-electron chi connectivity index (χ1n) is 9.02. The normalized spacial score (nSPS) is 21.8. The Morgan fingerprint density at radius 2 is 1.84 bits per heavy atom. The number of methoxy groups -OCH3 is 1. The molecule has 6 nitrogen and oxygen atoms in total. The second-order valence-corrected chi connectivity index (χ2v) is 6.72. The molecule has 0 N–H and O–H groups in total. The number of nitrogens with zero attached hydrogens (tertiary/aromatic N) is 3. The molecule has 0 radical (unpaired) electrons. The van der Waals surface area contributed by atoms with Crippen molar-refractivity contribution in [2.24, 2.45) is 0 Å². The molecule has 2 aliphatic heterocycles. The highest BCUT2D eigenvalue weighted by molar-refractivity contribution is 5.84. The Hall–Kier alpha value is -1.92. The van der Waals surface area contributed by atoms with Crippen molar-refractivity contribution in [3.8, 4) is 0 Å². The fourth-order valence-electron chi connectivity index (χ4n) is 3.69. The lowest BCUT2D eigenvalue weighted by Gasteiger charge is -2.37. The third-order valence-corrected chi connectivity index (χ3v) is 5.16. The Balaban J connectivity index is 1.47. The van der Waals surface area contributed by atoms with Gasteiger partial charge in [0.05, 0.1) is 6.04 Å². The Morgan fingerprint density at radius 3 is 2.52 bits per heavy atom. The van der Waals surface area contributed by atoms with E-state index in [1.165, 1.54) is 12.7 Å². The molecular formula is C19H27N3O3. The van der Waals surface area contributed by atoms with E-state index in [0.717, 1.165) is 39.0 Å². The van der Waals surface area contributed by atoms with E-state index in [0.29, 0.717) is 13.1 Å². The standard InChI is InChI=1S/C19H27N3O3/c1-25-15-18(23)21-13-11-20(12-14-21)17-8-10-22(19(17)24)9-7-16-5-3-2-4-6-16/h2-6,17H,7-15H2,1H3. The largest absolute Gasteiger partial charge is 0.375 e. The van der Waals surface area contributed by atoms with Gasteiger partial charge in [0.1, 0.15) is 6.61 Å². The van der Waals surface area contributed by atoms with E-state index in [1.807, 2.05) is 28.0 Å². The van der Waals surface area contributed by atoms with Crippen LogP contribution in [0.4, 0.5) is 0 Å². The van der Waals surface area contributed by atoms with Crippen molar-refractivity contribution < 1.29 is 14.3 Å². The number of rotatable bonds is 6. The van der Waals surface area contributed by atoms with Gasteiger partial charge in [0, 0.05) is 46.4 Å². The molecule has 1 atom stereocenters. The van der Waals surface area contributed by atoms with Crippen molar-refractivity contribution in [3.05, 3.63) is 35.9 Å². The summed E-state index contributed by atoms with van der Waals surface area (Å²) in [6, 6.07) is 10.3. The van der Waals surface area contributed by atoms with Gasteiger partial charge in [-0.3, -0.25) is 14.5 Å². The number of benzene rings is 1. The minimum Gasteiger partial charge on any atom is -0.375 e. The second-order valence-electron chi connectivity index (χ2n) is 6.72. The van der Waals surface area contributed by atoms with E-state index < -0.39 is 0 Å². The molecule has 0 aromatic heterocycles. The molecular weight excluding hydrogens is 318 g/mol. The molecule has 2 saturated heterocycles. The number of amides is 2. The smallest absolute Gasteiger partial charge is 0.248 e. The molecule has 1 aromatic rings. The Kier molecular flexibility index (Phi) is 6.04. The van der Waals surface area contributed by atoms with Crippen molar-refractivity contribution in [2.45, 2.75) is 18.9 Å². The minimum atomic E-state index is -0.0181. The molecule has 0 aliphatic carbocycles. The topological polar surface area (TPSA) is 53.1 Å². The van der Waals surface area contributed by atoms with Gasteiger partial charge in [-0.25, -0.2) is 0 Å². The zero-order valence-electron chi connectivity index (χ0n) is 14.9. The van der Waals surface area contributed by atoms with Crippen LogP contribution < -0.4 is 0 Å². The number of carbonyl (C=O) groups excluding carboxylic acids is 2. The lowest BCUT2D eigenvalue weighted by Crippen LogP contribution is -2.54. The molecule has 25 heavy (non-hydrogen) atoms. The molecule has 1 unspecified atom stereocenters. The first-order valence-corrected chi connectivity index (χ1v) is 9.02. The maximum absolute atomic E-state index is 12.7. The molecule has 2 aliphatic rings. The van der Waals surface area contributed by atoms with Crippen molar-refractivity contribution in [3.63, 3.8) is 0 Å². The lowest BCUT2D eigenvalue weighted by atomic mass is 10.1. The van der Waals surface area contributed by atoms with Gasteiger partial charge in [-0.1, -0.05) is 30.3 Å². The fraction of sp³-hybridized carbons (Fsp3) is 0.579. The quantitative estimate of drug-likeness (QED) is 0.759. The predicted molar refractivity (Wildman–Crippen MR) is 95.2 cm³/mol. The van der Waals surface area contributed by atoms with Gasteiger partial charge in [0.2, 0.25) is 11.8 Å². The van der Waals surface area contributed by atoms with Crippen LogP contribution in [0.2, 0.25) is 0 Å². The molecule has 6 heteroatoms. The van der Waals surface area contributed by atoms with Crippen LogP contribution in [0.5, 0.6) is 0 Å². The molecule has 0 bridgehead atoms. The SMILES string of the molecule is COCC(=O)N1CCN(C2CCN(CCc3ccccc3)C2=O)CC1. The summed E-state index contributed by atoms with van der Waals surface area (Å²) in [6.45, 7) is 4.63. The Morgan fingerprint density at radius 1 is 1.12 bits per heavy atom. The maximum Gasteiger partial charge on any atom is 0.248 e. The molecule has 136 valence electrons. The number of carbonyl (C=O) groups is 2. The summed E-state index contributed by atoms with van der Waals surface area (Å²) in [5.74, 6) is 0.275. The van der Waals surface area contributed by atoms with Crippen molar-refractivity contribution in [1.82, 2.24) is 14.7 Å². The predicted octanol–water partition coefficient (Wildman–Crippen LogP) is 0.621. The maximum atomic E-state index is 12.7. The first kappa shape index (κ1) is 17.9. The van der Waals surface area contributed by atoms with Crippen LogP contribution in [0.15, 0.2) is 30.3 Å². The average molecular weight is 345 g/mol. The van der Waals surface area contributed by atoms with Crippen LogP contribution >= 0.6 is 0 Å². The zero-order valence-corrected chi connectivity index (χ0v) is 14.9. The monoisotopic (exact) mass is 345 g/mol. The van der Waals surface area contributed by atoms with Gasteiger partial charge in [0.25, 0.3) is 0 Å². The summed E-state index contributed by atoms with van der Waals surface area (Å²) in [7, 11) is 1.54. The number of likely N-dealkylation sites (tertiary alicyclic amines) is 1. The van der Waals surface area contributed by atoms with Gasteiger partial charge in [-0.15, -0.1) is 0 Å². The van der Waals surface area contributed by atoms with Crippen LogP contribution in [-0.2, 0) is 20.7 Å². The van der Waals surface area contributed by atoms with E-state index in [9.17, 15) is 9.59 Å². The molecule has 2 amide bonds. The highest BCUT2D eigenvalue weighted by atomic mass is 16.5. The van der Waals surface area contributed by atoms with Crippen LogP contribution in [-0.4, -0.2) is 85.5 Å². The summed E-state index contributed by atoms with van der Waals surface area (Å²) >= 11 is 0. The Labute approximate surface area is 149 Å². The van der Waals surface area contributed by atoms with Crippen LogP contribution in [0, 0.1) is 0 Å². The number of piperazine rings is 1. The van der Waals surface area contributed by atoms with Crippen molar-refractivity contribution in [2.75, 3.05) is 53.0 Å². The fourth-order valence-corrected chi connectivity index (χ4v) is 3.69. The van der Waals surface area contributed by atoms with Crippen molar-refractivity contribution >= 4 is 11.8 Å². The van der Waals surface area contributed by atoms with Gasteiger partial charge >= 0.3 is 0 Å². The van der Waals surface area contributed by atoms with E-state index in [-0.39, 0.29) is 24.5 Å². The minimum absolute atomic E-state index is 0.0181. The zero-order chi connectivity index (χ0) is 17.6. The third-order valence-electron chi connectivity index (χ3n) is 5.16. The van der Waals surface area contributed by atoms with Crippen LogP contribution in [0.25, 0.3) is 0 Å². The van der Waals surface area contributed by atoms with E-state index in [2.05, 4.69) is 17.0 Å². The molecule has 3 rings (SSSR count). The number of hydrogen-bond acceptors (Lipinski definition) is 4. The summed E-state index contributed by atoms with van der Waals surface area (Å²) in [4.78, 5) is 30.6. The summed E-state index contributed by atoms with van der Waals surface area (Å²) in [5, 5.41) is 0. The van der Waals surface area contributed by atoms with Crippen LogP contribution in [0.3, 0.4) is 0 Å².